The second-order valence-electron chi connectivity index (χ2n) is 6.61. The summed E-state index contributed by atoms with van der Waals surface area (Å²) in [6.45, 7) is 7.25. The van der Waals surface area contributed by atoms with E-state index in [0.29, 0.717) is 5.91 Å². The molecule has 21 heavy (non-hydrogen) atoms. The molecule has 0 unspecified atom stereocenters. The fourth-order valence-electron chi connectivity index (χ4n) is 3.29. The minimum Gasteiger partial charge on any atom is -0.356 e. The Hall–Kier alpha value is -0.570. The van der Waals surface area contributed by atoms with Crippen LogP contribution in [-0.2, 0) is 4.79 Å². The average Bonchev–Trinajstić information content (AvgIpc) is 2.53. The van der Waals surface area contributed by atoms with Gasteiger partial charge in [0, 0.05) is 6.54 Å². The summed E-state index contributed by atoms with van der Waals surface area (Å²) in [5.41, 5.74) is -0.0919. The summed E-state index contributed by atoms with van der Waals surface area (Å²) in [4.78, 5) is 12.4. The summed E-state index contributed by atoms with van der Waals surface area (Å²) in [5.74, 6) is 0.300. The Labute approximate surface area is 131 Å². The largest absolute Gasteiger partial charge is 0.356 e. The number of unbranched alkanes of at least 4 members (excludes halogenated alkanes) is 7. The van der Waals surface area contributed by atoms with Crippen LogP contribution in [0.3, 0.4) is 0 Å². The SMILES string of the molecule is CCCCCCCCCCNC(=O)C1(CC)CCNCC1. The van der Waals surface area contributed by atoms with Crippen LogP contribution >= 0.6 is 0 Å². The molecule has 1 rings (SSSR count). The van der Waals surface area contributed by atoms with E-state index in [4.69, 9.17) is 0 Å². The second kappa shape index (κ2) is 11.1. The summed E-state index contributed by atoms with van der Waals surface area (Å²) in [6.07, 6.45) is 13.5. The molecule has 0 spiro atoms. The maximum atomic E-state index is 12.4. The van der Waals surface area contributed by atoms with E-state index < -0.39 is 0 Å². The molecule has 0 radical (unpaired) electrons. The van der Waals surface area contributed by atoms with Gasteiger partial charge in [-0.15, -0.1) is 0 Å². The van der Waals surface area contributed by atoms with Crippen LogP contribution in [0.4, 0.5) is 0 Å². The van der Waals surface area contributed by atoms with Crippen molar-refractivity contribution in [1.82, 2.24) is 10.6 Å². The van der Waals surface area contributed by atoms with Gasteiger partial charge in [0.05, 0.1) is 5.41 Å². The number of piperidine rings is 1. The number of hydrogen-bond acceptors (Lipinski definition) is 2. The molecule has 1 heterocycles. The molecular formula is C18H36N2O. The first-order valence-electron chi connectivity index (χ1n) is 9.24. The first kappa shape index (κ1) is 18.5. The Morgan fingerprint density at radius 1 is 0.952 bits per heavy atom. The van der Waals surface area contributed by atoms with Gasteiger partial charge in [0.2, 0.25) is 5.91 Å². The fourth-order valence-corrected chi connectivity index (χ4v) is 3.29. The predicted octanol–water partition coefficient (Wildman–Crippen LogP) is 4.02. The lowest BCUT2D eigenvalue weighted by atomic mass is 9.76. The minimum atomic E-state index is -0.0919. The molecule has 1 saturated heterocycles. The number of carbonyl (C=O) groups is 1. The van der Waals surface area contributed by atoms with E-state index in [1.807, 2.05) is 0 Å². The lowest BCUT2D eigenvalue weighted by Crippen LogP contribution is -2.47. The van der Waals surface area contributed by atoms with Crippen molar-refractivity contribution in [3.8, 4) is 0 Å². The van der Waals surface area contributed by atoms with Gasteiger partial charge in [0.25, 0.3) is 0 Å². The second-order valence-corrected chi connectivity index (χ2v) is 6.61. The summed E-state index contributed by atoms with van der Waals surface area (Å²) >= 11 is 0. The molecule has 0 aromatic rings. The maximum absolute atomic E-state index is 12.4. The zero-order valence-corrected chi connectivity index (χ0v) is 14.3. The number of rotatable bonds is 11. The Balaban J connectivity index is 2.05. The lowest BCUT2D eigenvalue weighted by Gasteiger charge is -2.35. The van der Waals surface area contributed by atoms with E-state index in [-0.39, 0.29) is 5.41 Å². The van der Waals surface area contributed by atoms with Crippen LogP contribution in [0.25, 0.3) is 0 Å². The molecule has 0 aliphatic carbocycles. The predicted molar refractivity (Wildman–Crippen MR) is 90.4 cm³/mol. The van der Waals surface area contributed by atoms with Gasteiger partial charge >= 0.3 is 0 Å². The molecule has 1 aliphatic heterocycles. The molecule has 1 amide bonds. The van der Waals surface area contributed by atoms with Crippen molar-refractivity contribution in [1.29, 1.82) is 0 Å². The van der Waals surface area contributed by atoms with Crippen molar-refractivity contribution in [2.24, 2.45) is 5.41 Å². The van der Waals surface area contributed by atoms with E-state index in [0.717, 1.165) is 45.3 Å². The molecule has 0 bridgehead atoms. The topological polar surface area (TPSA) is 41.1 Å². The molecular weight excluding hydrogens is 260 g/mol. The standard InChI is InChI=1S/C18H36N2O/c1-3-5-6-7-8-9-10-11-14-20-17(21)18(4-2)12-15-19-16-13-18/h19H,3-16H2,1-2H3,(H,20,21). The molecule has 3 heteroatoms. The Kier molecular flexibility index (Phi) is 9.73. The highest BCUT2D eigenvalue weighted by atomic mass is 16.2. The molecule has 0 aromatic heterocycles. The van der Waals surface area contributed by atoms with Crippen molar-refractivity contribution in [3.05, 3.63) is 0 Å². The zero-order chi connectivity index (χ0) is 15.4. The van der Waals surface area contributed by atoms with E-state index in [1.54, 1.807) is 0 Å². The van der Waals surface area contributed by atoms with Gasteiger partial charge in [-0.3, -0.25) is 4.79 Å². The van der Waals surface area contributed by atoms with Crippen molar-refractivity contribution in [2.45, 2.75) is 84.5 Å². The Morgan fingerprint density at radius 3 is 2.10 bits per heavy atom. The van der Waals surface area contributed by atoms with Crippen LogP contribution in [0.2, 0.25) is 0 Å². The van der Waals surface area contributed by atoms with Crippen LogP contribution in [-0.4, -0.2) is 25.5 Å². The van der Waals surface area contributed by atoms with E-state index >= 15 is 0 Å². The summed E-state index contributed by atoms with van der Waals surface area (Å²) < 4.78 is 0. The van der Waals surface area contributed by atoms with Gasteiger partial charge < -0.3 is 10.6 Å². The van der Waals surface area contributed by atoms with Crippen LogP contribution in [0.15, 0.2) is 0 Å². The molecule has 124 valence electrons. The average molecular weight is 296 g/mol. The third kappa shape index (κ3) is 6.82. The van der Waals surface area contributed by atoms with E-state index in [9.17, 15) is 4.79 Å². The van der Waals surface area contributed by atoms with Crippen LogP contribution in [0, 0.1) is 5.41 Å². The number of amides is 1. The normalized spacial score (nSPS) is 17.6. The Morgan fingerprint density at radius 2 is 1.52 bits per heavy atom. The maximum Gasteiger partial charge on any atom is 0.226 e. The zero-order valence-electron chi connectivity index (χ0n) is 14.3. The van der Waals surface area contributed by atoms with Gasteiger partial charge in [-0.25, -0.2) is 0 Å². The minimum absolute atomic E-state index is 0.0919. The third-order valence-electron chi connectivity index (χ3n) is 5.03. The third-order valence-corrected chi connectivity index (χ3v) is 5.03. The van der Waals surface area contributed by atoms with Gasteiger partial charge in [-0.2, -0.15) is 0 Å². The number of carbonyl (C=O) groups excluding carboxylic acids is 1. The highest BCUT2D eigenvalue weighted by Crippen LogP contribution is 2.32. The summed E-state index contributed by atoms with van der Waals surface area (Å²) in [5, 5.41) is 6.54. The highest BCUT2D eigenvalue weighted by molar-refractivity contribution is 5.82. The van der Waals surface area contributed by atoms with Crippen molar-refractivity contribution in [3.63, 3.8) is 0 Å². The van der Waals surface area contributed by atoms with Crippen LogP contribution in [0.5, 0.6) is 0 Å². The monoisotopic (exact) mass is 296 g/mol. The first-order chi connectivity index (χ1) is 10.2. The van der Waals surface area contributed by atoms with Crippen molar-refractivity contribution >= 4 is 5.91 Å². The van der Waals surface area contributed by atoms with E-state index in [2.05, 4.69) is 24.5 Å². The van der Waals surface area contributed by atoms with Gasteiger partial charge in [0.15, 0.2) is 0 Å². The summed E-state index contributed by atoms with van der Waals surface area (Å²) in [7, 11) is 0. The van der Waals surface area contributed by atoms with Gasteiger partial charge in [-0.1, -0.05) is 58.8 Å². The molecule has 1 fully saturated rings. The molecule has 3 nitrogen and oxygen atoms in total. The van der Waals surface area contributed by atoms with Crippen molar-refractivity contribution < 1.29 is 4.79 Å². The molecule has 1 aliphatic rings. The smallest absolute Gasteiger partial charge is 0.226 e. The quantitative estimate of drug-likeness (QED) is 0.565. The van der Waals surface area contributed by atoms with Crippen LogP contribution < -0.4 is 10.6 Å². The summed E-state index contributed by atoms with van der Waals surface area (Å²) in [6, 6.07) is 0. The van der Waals surface area contributed by atoms with Gasteiger partial charge in [0.1, 0.15) is 0 Å². The number of nitrogens with one attached hydrogen (secondary N) is 2. The molecule has 0 atom stereocenters. The molecule has 0 aromatic carbocycles. The van der Waals surface area contributed by atoms with E-state index in [1.165, 1.54) is 44.9 Å². The fraction of sp³-hybridized carbons (Fsp3) is 0.944. The Bertz CT molecular complexity index is 272. The number of hydrogen-bond donors (Lipinski definition) is 2. The molecule has 2 N–H and O–H groups in total. The molecule has 0 saturated carbocycles. The first-order valence-corrected chi connectivity index (χ1v) is 9.24. The van der Waals surface area contributed by atoms with Crippen LogP contribution in [0.1, 0.15) is 84.5 Å². The van der Waals surface area contributed by atoms with Crippen molar-refractivity contribution in [2.75, 3.05) is 19.6 Å². The lowest BCUT2D eigenvalue weighted by molar-refractivity contribution is -0.132. The highest BCUT2D eigenvalue weighted by Gasteiger charge is 2.37. The van der Waals surface area contributed by atoms with Gasteiger partial charge in [-0.05, 0) is 38.8 Å².